The Hall–Kier alpha value is -0.370. The molecule has 0 aromatic carbocycles. The van der Waals surface area contributed by atoms with E-state index in [1.54, 1.807) is 0 Å². The Labute approximate surface area is 81.1 Å². The Morgan fingerprint density at radius 3 is 2.69 bits per heavy atom. The molecule has 1 saturated heterocycles. The number of carbonyl (C=O) groups excluding carboxylic acids is 1. The van der Waals surface area contributed by atoms with Crippen molar-refractivity contribution in [3.8, 4) is 0 Å². The van der Waals surface area contributed by atoms with Crippen LogP contribution in [-0.4, -0.2) is 18.4 Å². The van der Waals surface area contributed by atoms with E-state index < -0.39 is 0 Å². The number of Topliss-reactive ketones (excluding diaryl/α,β-unsaturated/α-hetero) is 1. The predicted octanol–water partition coefficient (Wildman–Crippen LogP) is 2.13. The first-order valence-corrected chi connectivity index (χ1v) is 5.25. The highest BCUT2D eigenvalue weighted by Crippen LogP contribution is 2.22. The molecule has 1 fully saturated rings. The van der Waals surface area contributed by atoms with Crippen LogP contribution < -0.4 is 5.32 Å². The summed E-state index contributed by atoms with van der Waals surface area (Å²) in [5.74, 6) is 0.410. The van der Waals surface area contributed by atoms with E-state index in [2.05, 4.69) is 26.1 Å². The van der Waals surface area contributed by atoms with Crippen LogP contribution in [0.5, 0.6) is 0 Å². The molecule has 76 valence electrons. The van der Waals surface area contributed by atoms with Gasteiger partial charge in [-0.25, -0.2) is 0 Å². The standard InChI is InChI=1S/C11H21NO/c1-11(2,3)8-9-10(13)6-4-5-7-12-9/h9,12H,4-8H2,1-3H3. The van der Waals surface area contributed by atoms with Crippen LogP contribution in [-0.2, 0) is 4.79 Å². The normalized spacial score (nSPS) is 25.8. The van der Waals surface area contributed by atoms with Crippen LogP contribution in [0.3, 0.4) is 0 Å². The molecule has 1 N–H and O–H groups in total. The lowest BCUT2D eigenvalue weighted by Gasteiger charge is -2.24. The van der Waals surface area contributed by atoms with Crippen LogP contribution in [0.2, 0.25) is 0 Å². The molecule has 0 aromatic rings. The van der Waals surface area contributed by atoms with E-state index in [0.29, 0.717) is 5.78 Å². The minimum absolute atomic E-state index is 0.113. The van der Waals surface area contributed by atoms with Crippen molar-refractivity contribution >= 4 is 5.78 Å². The smallest absolute Gasteiger partial charge is 0.149 e. The second kappa shape index (κ2) is 4.23. The van der Waals surface area contributed by atoms with Crippen LogP contribution >= 0.6 is 0 Å². The summed E-state index contributed by atoms with van der Waals surface area (Å²) in [5, 5.41) is 3.34. The summed E-state index contributed by atoms with van der Waals surface area (Å²) in [6.07, 6.45) is 3.94. The van der Waals surface area contributed by atoms with Gasteiger partial charge in [0.1, 0.15) is 5.78 Å². The van der Waals surface area contributed by atoms with E-state index in [9.17, 15) is 4.79 Å². The number of nitrogens with one attached hydrogen (secondary N) is 1. The summed E-state index contributed by atoms with van der Waals surface area (Å²) in [5.41, 5.74) is 0.248. The van der Waals surface area contributed by atoms with Gasteiger partial charge in [-0.1, -0.05) is 20.8 Å². The minimum Gasteiger partial charge on any atom is -0.307 e. The molecule has 1 heterocycles. The molecule has 0 bridgehead atoms. The van der Waals surface area contributed by atoms with Crippen molar-refractivity contribution in [3.05, 3.63) is 0 Å². The third kappa shape index (κ3) is 3.90. The molecular weight excluding hydrogens is 162 g/mol. The van der Waals surface area contributed by atoms with E-state index in [1.165, 1.54) is 0 Å². The molecule has 0 amide bonds. The molecule has 1 atom stereocenters. The predicted molar refractivity (Wildman–Crippen MR) is 54.7 cm³/mol. The Balaban J connectivity index is 2.50. The third-order valence-electron chi connectivity index (χ3n) is 2.45. The molecule has 0 saturated carbocycles. The van der Waals surface area contributed by atoms with Crippen molar-refractivity contribution in [2.24, 2.45) is 5.41 Å². The zero-order valence-corrected chi connectivity index (χ0v) is 9.02. The monoisotopic (exact) mass is 183 g/mol. The SMILES string of the molecule is CC(C)(C)CC1NCCCCC1=O. The van der Waals surface area contributed by atoms with Crippen molar-refractivity contribution in [2.75, 3.05) is 6.54 Å². The maximum atomic E-state index is 11.6. The summed E-state index contributed by atoms with van der Waals surface area (Å²) >= 11 is 0. The third-order valence-corrected chi connectivity index (χ3v) is 2.45. The van der Waals surface area contributed by atoms with Gasteiger partial charge in [0, 0.05) is 6.42 Å². The van der Waals surface area contributed by atoms with Crippen molar-refractivity contribution in [2.45, 2.75) is 52.5 Å². The van der Waals surface area contributed by atoms with Gasteiger partial charge in [0.05, 0.1) is 6.04 Å². The Bertz CT molecular complexity index is 181. The van der Waals surface area contributed by atoms with E-state index in [1.807, 2.05) is 0 Å². The van der Waals surface area contributed by atoms with Crippen LogP contribution in [0.4, 0.5) is 0 Å². The molecule has 0 aliphatic carbocycles. The fourth-order valence-corrected chi connectivity index (χ4v) is 1.79. The summed E-state index contributed by atoms with van der Waals surface area (Å²) in [4.78, 5) is 11.6. The molecule has 1 rings (SSSR count). The van der Waals surface area contributed by atoms with Gasteiger partial charge in [-0.15, -0.1) is 0 Å². The van der Waals surface area contributed by atoms with Gasteiger partial charge in [-0.2, -0.15) is 0 Å². The van der Waals surface area contributed by atoms with Crippen LogP contribution in [0.25, 0.3) is 0 Å². The second-order valence-electron chi connectivity index (χ2n) is 5.19. The quantitative estimate of drug-likeness (QED) is 0.674. The first-order chi connectivity index (χ1) is 5.99. The molecule has 0 spiro atoms. The number of rotatable bonds is 1. The van der Waals surface area contributed by atoms with Crippen molar-refractivity contribution < 1.29 is 4.79 Å². The largest absolute Gasteiger partial charge is 0.307 e. The van der Waals surface area contributed by atoms with Crippen molar-refractivity contribution in [1.82, 2.24) is 5.32 Å². The van der Waals surface area contributed by atoms with Gasteiger partial charge in [-0.05, 0) is 31.2 Å². The van der Waals surface area contributed by atoms with Gasteiger partial charge >= 0.3 is 0 Å². The molecule has 1 unspecified atom stereocenters. The Morgan fingerprint density at radius 2 is 2.08 bits per heavy atom. The summed E-state index contributed by atoms with van der Waals surface area (Å²) in [7, 11) is 0. The minimum atomic E-state index is 0.113. The zero-order valence-electron chi connectivity index (χ0n) is 9.02. The second-order valence-corrected chi connectivity index (χ2v) is 5.19. The highest BCUT2D eigenvalue weighted by Gasteiger charge is 2.25. The topological polar surface area (TPSA) is 29.1 Å². The number of ketones is 1. The number of hydrogen-bond acceptors (Lipinski definition) is 2. The number of carbonyl (C=O) groups is 1. The summed E-state index contributed by atoms with van der Waals surface area (Å²) < 4.78 is 0. The van der Waals surface area contributed by atoms with Crippen LogP contribution in [0.15, 0.2) is 0 Å². The average Bonchev–Trinajstić information content (AvgIpc) is 2.14. The summed E-state index contributed by atoms with van der Waals surface area (Å²) in [6.45, 7) is 7.57. The molecule has 0 radical (unpaired) electrons. The lowest BCUT2D eigenvalue weighted by molar-refractivity contribution is -0.121. The van der Waals surface area contributed by atoms with Crippen LogP contribution in [0, 0.1) is 5.41 Å². The van der Waals surface area contributed by atoms with Gasteiger partial charge in [0.25, 0.3) is 0 Å². The van der Waals surface area contributed by atoms with Crippen LogP contribution in [0.1, 0.15) is 46.5 Å². The zero-order chi connectivity index (χ0) is 9.90. The highest BCUT2D eigenvalue weighted by atomic mass is 16.1. The Morgan fingerprint density at radius 1 is 1.38 bits per heavy atom. The van der Waals surface area contributed by atoms with Gasteiger partial charge in [0.15, 0.2) is 0 Å². The molecular formula is C11H21NO. The first kappa shape index (κ1) is 10.7. The molecule has 1 aliphatic heterocycles. The number of hydrogen-bond donors (Lipinski definition) is 1. The molecule has 0 aromatic heterocycles. The lowest BCUT2D eigenvalue weighted by atomic mass is 9.86. The highest BCUT2D eigenvalue weighted by molar-refractivity contribution is 5.84. The van der Waals surface area contributed by atoms with Crippen molar-refractivity contribution in [1.29, 1.82) is 0 Å². The maximum absolute atomic E-state index is 11.6. The Kier molecular flexibility index (Phi) is 3.48. The fourth-order valence-electron chi connectivity index (χ4n) is 1.79. The van der Waals surface area contributed by atoms with E-state index >= 15 is 0 Å². The molecule has 1 aliphatic rings. The van der Waals surface area contributed by atoms with E-state index in [0.717, 1.165) is 32.2 Å². The van der Waals surface area contributed by atoms with Gasteiger partial charge < -0.3 is 5.32 Å². The molecule has 2 heteroatoms. The lowest BCUT2D eigenvalue weighted by Crippen LogP contribution is -2.38. The van der Waals surface area contributed by atoms with E-state index in [4.69, 9.17) is 0 Å². The maximum Gasteiger partial charge on any atom is 0.149 e. The summed E-state index contributed by atoms with van der Waals surface area (Å²) in [6, 6.07) is 0.113. The van der Waals surface area contributed by atoms with E-state index in [-0.39, 0.29) is 11.5 Å². The van der Waals surface area contributed by atoms with Crippen molar-refractivity contribution in [3.63, 3.8) is 0 Å². The van der Waals surface area contributed by atoms with Gasteiger partial charge in [0.2, 0.25) is 0 Å². The molecule has 2 nitrogen and oxygen atoms in total. The molecule has 13 heavy (non-hydrogen) atoms. The first-order valence-electron chi connectivity index (χ1n) is 5.25. The van der Waals surface area contributed by atoms with Gasteiger partial charge in [-0.3, -0.25) is 4.79 Å². The fraction of sp³-hybridized carbons (Fsp3) is 0.909. The average molecular weight is 183 g/mol.